The van der Waals surface area contributed by atoms with Gasteiger partial charge in [0.2, 0.25) is 0 Å². The lowest BCUT2D eigenvalue weighted by Gasteiger charge is -2.16. The van der Waals surface area contributed by atoms with Gasteiger partial charge in [-0.15, -0.1) is 0 Å². The largest absolute Gasteiger partial charge is 0.498 e. The fraction of sp³-hybridized carbons (Fsp3) is 0.667. The first-order valence-electron chi connectivity index (χ1n) is 5.92. The number of hydrogen-bond donors (Lipinski definition) is 0. The molecule has 0 N–H and O–H groups in total. The predicted octanol–water partition coefficient (Wildman–Crippen LogP) is 2.08. The monoisotopic (exact) mass is 238 g/mol. The Bertz CT molecular complexity index is 333. The second-order valence-corrected chi connectivity index (χ2v) is 4.05. The van der Waals surface area contributed by atoms with Crippen LogP contribution in [0.3, 0.4) is 0 Å². The third-order valence-corrected chi connectivity index (χ3v) is 2.54. The number of esters is 1. The van der Waals surface area contributed by atoms with E-state index in [-0.39, 0.29) is 6.10 Å². The quantitative estimate of drug-likeness (QED) is 0.308. The summed E-state index contributed by atoms with van der Waals surface area (Å²) in [5.74, 6) is 0.406. The summed E-state index contributed by atoms with van der Waals surface area (Å²) >= 11 is 0. The Labute approximate surface area is 101 Å². The Morgan fingerprint density at radius 2 is 2.47 bits per heavy atom. The third kappa shape index (κ3) is 5.88. The molecule has 0 heterocycles. The molecule has 1 rings (SSSR count). The van der Waals surface area contributed by atoms with Crippen LogP contribution in [-0.2, 0) is 14.3 Å². The SMILES string of the molecule is CC(CCOC1=CCCCC1)OC(=O)C=[N+]=[N-]. The molecule has 0 aromatic heterocycles. The van der Waals surface area contributed by atoms with Gasteiger partial charge in [0.05, 0.1) is 12.4 Å². The summed E-state index contributed by atoms with van der Waals surface area (Å²) in [6, 6.07) is 0. The molecule has 0 fully saturated rings. The van der Waals surface area contributed by atoms with Crippen LogP contribution in [0.4, 0.5) is 0 Å². The van der Waals surface area contributed by atoms with Crippen LogP contribution in [0, 0.1) is 0 Å². The summed E-state index contributed by atoms with van der Waals surface area (Å²) in [6.45, 7) is 2.32. The second kappa shape index (κ2) is 7.63. The van der Waals surface area contributed by atoms with Crippen LogP contribution >= 0.6 is 0 Å². The van der Waals surface area contributed by atoms with Crippen molar-refractivity contribution in [3.8, 4) is 0 Å². The number of carbonyl (C=O) groups is 1. The van der Waals surface area contributed by atoms with Crippen LogP contribution in [0.25, 0.3) is 5.53 Å². The maximum Gasteiger partial charge on any atom is 0.413 e. The van der Waals surface area contributed by atoms with E-state index in [0.29, 0.717) is 13.0 Å². The molecule has 1 unspecified atom stereocenters. The van der Waals surface area contributed by atoms with Gasteiger partial charge >= 0.3 is 12.2 Å². The number of nitrogens with zero attached hydrogens (tertiary/aromatic N) is 2. The van der Waals surface area contributed by atoms with Crippen LogP contribution in [0.15, 0.2) is 11.8 Å². The van der Waals surface area contributed by atoms with E-state index in [0.717, 1.165) is 24.8 Å². The molecule has 0 saturated heterocycles. The van der Waals surface area contributed by atoms with Crippen LogP contribution in [0.2, 0.25) is 0 Å². The van der Waals surface area contributed by atoms with Crippen LogP contribution in [0.5, 0.6) is 0 Å². The van der Waals surface area contributed by atoms with Crippen molar-refractivity contribution in [2.75, 3.05) is 6.61 Å². The summed E-state index contributed by atoms with van der Waals surface area (Å²) in [6.07, 6.45) is 7.76. The minimum atomic E-state index is -0.642. The van der Waals surface area contributed by atoms with Gasteiger partial charge < -0.3 is 15.0 Å². The summed E-state index contributed by atoms with van der Waals surface area (Å²) in [5.41, 5.74) is 8.13. The minimum absolute atomic E-state index is 0.246. The molecule has 5 heteroatoms. The van der Waals surface area contributed by atoms with Crippen molar-refractivity contribution >= 4 is 12.2 Å². The molecule has 1 aliphatic rings. The maximum absolute atomic E-state index is 10.9. The third-order valence-electron chi connectivity index (χ3n) is 2.54. The van der Waals surface area contributed by atoms with Gasteiger partial charge in [-0.2, -0.15) is 4.79 Å². The summed E-state index contributed by atoms with van der Waals surface area (Å²) in [7, 11) is 0. The standard InChI is InChI=1S/C12H18N2O3/c1-10(17-12(15)9-14-13)7-8-16-11-5-3-2-4-6-11/h5,9-10H,2-4,6-8H2,1H3. The lowest BCUT2D eigenvalue weighted by atomic mass is 10.1. The normalized spacial score (nSPS) is 16.4. The number of rotatable bonds is 6. The van der Waals surface area contributed by atoms with Crippen molar-refractivity contribution in [2.24, 2.45) is 0 Å². The number of carbonyl (C=O) groups excluding carboxylic acids is 1. The molecule has 94 valence electrons. The van der Waals surface area contributed by atoms with Crippen molar-refractivity contribution in [1.29, 1.82) is 0 Å². The number of allylic oxidation sites excluding steroid dienone is 2. The highest BCUT2D eigenvalue weighted by molar-refractivity contribution is 6.20. The Balaban J connectivity index is 2.15. The highest BCUT2D eigenvalue weighted by atomic mass is 16.5. The van der Waals surface area contributed by atoms with Gasteiger partial charge in [0.15, 0.2) is 0 Å². The molecule has 0 saturated carbocycles. The van der Waals surface area contributed by atoms with E-state index in [1.165, 1.54) is 12.8 Å². The molecule has 0 aromatic carbocycles. The molecule has 5 nitrogen and oxygen atoms in total. The molecule has 0 aliphatic heterocycles. The molecular formula is C12H18N2O3. The first kappa shape index (κ1) is 13.5. The molecule has 0 spiro atoms. The molecule has 17 heavy (non-hydrogen) atoms. The zero-order chi connectivity index (χ0) is 12.5. The molecule has 1 aliphatic carbocycles. The van der Waals surface area contributed by atoms with Gasteiger partial charge in [0.25, 0.3) is 0 Å². The number of ether oxygens (including phenoxy) is 2. The van der Waals surface area contributed by atoms with Crippen molar-refractivity contribution in [2.45, 2.75) is 45.1 Å². The van der Waals surface area contributed by atoms with Crippen LogP contribution < -0.4 is 0 Å². The summed E-state index contributed by atoms with van der Waals surface area (Å²) < 4.78 is 10.5. The Morgan fingerprint density at radius 3 is 3.12 bits per heavy atom. The van der Waals surface area contributed by atoms with E-state index in [4.69, 9.17) is 15.0 Å². The van der Waals surface area contributed by atoms with E-state index >= 15 is 0 Å². The van der Waals surface area contributed by atoms with Gasteiger partial charge in [-0.1, -0.05) is 0 Å². The lowest BCUT2D eigenvalue weighted by Crippen LogP contribution is -2.18. The van der Waals surface area contributed by atoms with Crippen molar-refractivity contribution in [3.05, 3.63) is 17.4 Å². The van der Waals surface area contributed by atoms with Gasteiger partial charge in [-0.25, -0.2) is 4.79 Å². The Morgan fingerprint density at radius 1 is 1.65 bits per heavy atom. The first-order chi connectivity index (χ1) is 8.22. The Kier molecular flexibility index (Phi) is 6.04. The van der Waals surface area contributed by atoms with E-state index in [1.54, 1.807) is 6.92 Å². The molecule has 0 aromatic rings. The molecule has 1 atom stereocenters. The fourth-order valence-electron chi connectivity index (χ4n) is 1.63. The van der Waals surface area contributed by atoms with Gasteiger partial charge in [-0.3, -0.25) is 0 Å². The van der Waals surface area contributed by atoms with Crippen LogP contribution in [0.1, 0.15) is 39.0 Å². The highest BCUT2D eigenvalue weighted by Crippen LogP contribution is 2.18. The summed E-state index contributed by atoms with van der Waals surface area (Å²) in [5, 5.41) is 0. The van der Waals surface area contributed by atoms with E-state index in [9.17, 15) is 4.79 Å². The smallest absolute Gasteiger partial charge is 0.413 e. The predicted molar refractivity (Wildman–Crippen MR) is 62.4 cm³/mol. The topological polar surface area (TPSA) is 71.9 Å². The van der Waals surface area contributed by atoms with Gasteiger partial charge in [-0.05, 0) is 32.3 Å². The van der Waals surface area contributed by atoms with E-state index < -0.39 is 5.97 Å². The fourth-order valence-corrected chi connectivity index (χ4v) is 1.63. The van der Waals surface area contributed by atoms with Gasteiger partial charge in [0.1, 0.15) is 6.10 Å². The summed E-state index contributed by atoms with van der Waals surface area (Å²) in [4.78, 5) is 13.5. The van der Waals surface area contributed by atoms with Crippen molar-refractivity contribution in [1.82, 2.24) is 0 Å². The van der Waals surface area contributed by atoms with Crippen molar-refractivity contribution < 1.29 is 19.1 Å². The molecule has 0 bridgehead atoms. The van der Waals surface area contributed by atoms with Gasteiger partial charge in [0, 0.05) is 12.8 Å². The molecule has 0 amide bonds. The zero-order valence-corrected chi connectivity index (χ0v) is 10.1. The van der Waals surface area contributed by atoms with E-state index in [2.05, 4.69) is 10.9 Å². The second-order valence-electron chi connectivity index (χ2n) is 4.05. The average molecular weight is 238 g/mol. The Hall–Kier alpha value is -1.61. The van der Waals surface area contributed by atoms with Crippen LogP contribution in [-0.4, -0.2) is 29.7 Å². The lowest BCUT2D eigenvalue weighted by molar-refractivity contribution is -0.143. The molecular weight excluding hydrogens is 220 g/mol. The number of hydrogen-bond acceptors (Lipinski definition) is 3. The molecule has 0 radical (unpaired) electrons. The van der Waals surface area contributed by atoms with E-state index in [1.807, 2.05) is 0 Å². The average Bonchev–Trinajstić information content (AvgIpc) is 2.30. The zero-order valence-electron chi connectivity index (χ0n) is 10.1. The first-order valence-corrected chi connectivity index (χ1v) is 5.92. The maximum atomic E-state index is 10.9. The minimum Gasteiger partial charge on any atom is -0.498 e. The van der Waals surface area contributed by atoms with Crippen molar-refractivity contribution in [3.63, 3.8) is 0 Å². The highest BCUT2D eigenvalue weighted by Gasteiger charge is 2.11.